The molecular weight excluding hydrogens is 274 g/mol. The van der Waals surface area contributed by atoms with Crippen molar-refractivity contribution in [3.63, 3.8) is 0 Å². The van der Waals surface area contributed by atoms with Crippen molar-refractivity contribution in [2.75, 3.05) is 13.3 Å². The van der Waals surface area contributed by atoms with Crippen molar-refractivity contribution in [2.24, 2.45) is 5.73 Å². The number of hydrogen-bond donors (Lipinski definition) is 2. The second-order valence-electron chi connectivity index (χ2n) is 4.82. The highest BCUT2D eigenvalue weighted by molar-refractivity contribution is 5.84. The molecule has 1 unspecified atom stereocenters. The summed E-state index contributed by atoms with van der Waals surface area (Å²) >= 11 is 0. The van der Waals surface area contributed by atoms with Crippen LogP contribution in [-0.4, -0.2) is 24.4 Å². The molecule has 2 aromatic rings. The first-order valence-corrected chi connectivity index (χ1v) is 6.59. The molecule has 3 rings (SSSR count). The van der Waals surface area contributed by atoms with E-state index in [1.807, 2.05) is 18.2 Å². The zero-order chi connectivity index (χ0) is 14.8. The van der Waals surface area contributed by atoms with E-state index in [0.29, 0.717) is 24.5 Å². The van der Waals surface area contributed by atoms with E-state index >= 15 is 0 Å². The first-order valence-electron chi connectivity index (χ1n) is 6.59. The van der Waals surface area contributed by atoms with Gasteiger partial charge in [0, 0.05) is 12.3 Å². The van der Waals surface area contributed by atoms with Gasteiger partial charge < -0.3 is 24.7 Å². The van der Waals surface area contributed by atoms with Gasteiger partial charge in [0.05, 0.1) is 0 Å². The molecule has 1 aromatic carbocycles. The maximum atomic E-state index is 10.8. The maximum Gasteiger partial charge on any atom is 0.371 e. The Morgan fingerprint density at radius 1 is 1.24 bits per heavy atom. The number of rotatable bonds is 5. The number of carboxylic acid groups (broad SMARTS) is 1. The highest BCUT2D eigenvalue weighted by atomic mass is 16.7. The van der Waals surface area contributed by atoms with Gasteiger partial charge in [-0.2, -0.15) is 0 Å². The second kappa shape index (κ2) is 5.49. The molecule has 0 fully saturated rings. The van der Waals surface area contributed by atoms with E-state index < -0.39 is 5.97 Å². The first-order chi connectivity index (χ1) is 10.2. The van der Waals surface area contributed by atoms with Crippen molar-refractivity contribution in [3.8, 4) is 11.5 Å². The summed E-state index contributed by atoms with van der Waals surface area (Å²) < 4.78 is 15.9. The van der Waals surface area contributed by atoms with Crippen LogP contribution in [0.15, 0.2) is 34.7 Å². The minimum atomic E-state index is -1.08. The number of nitrogens with two attached hydrogens (primary N) is 1. The van der Waals surface area contributed by atoms with Gasteiger partial charge >= 0.3 is 5.97 Å². The average molecular weight is 289 g/mol. The van der Waals surface area contributed by atoms with Crippen LogP contribution in [0, 0.1) is 0 Å². The number of hydrogen-bond acceptors (Lipinski definition) is 5. The van der Waals surface area contributed by atoms with Crippen molar-refractivity contribution < 1.29 is 23.8 Å². The summed E-state index contributed by atoms with van der Waals surface area (Å²) in [6.45, 7) is 0.648. The number of carboxylic acids is 1. The maximum absolute atomic E-state index is 10.8. The van der Waals surface area contributed by atoms with E-state index in [9.17, 15) is 4.79 Å². The lowest BCUT2D eigenvalue weighted by Gasteiger charge is -2.14. The van der Waals surface area contributed by atoms with E-state index in [2.05, 4.69) is 0 Å². The standard InChI is InChI=1S/C15H15NO5/c16-7-10(5-11-2-4-13(21-11)15(17)18)9-1-3-12-14(6-9)20-8-19-12/h1-4,6,10H,5,7-8,16H2,(H,17,18). The topological polar surface area (TPSA) is 94.9 Å². The SMILES string of the molecule is NCC(Cc1ccc(C(=O)O)o1)c1ccc2c(c1)OCO2. The van der Waals surface area contributed by atoms with Crippen LogP contribution in [0.2, 0.25) is 0 Å². The van der Waals surface area contributed by atoms with Crippen molar-refractivity contribution in [1.82, 2.24) is 0 Å². The van der Waals surface area contributed by atoms with Gasteiger partial charge in [0.25, 0.3) is 0 Å². The highest BCUT2D eigenvalue weighted by Gasteiger charge is 2.19. The average Bonchev–Trinajstić information content (AvgIpc) is 3.12. The summed E-state index contributed by atoms with van der Waals surface area (Å²) in [7, 11) is 0. The lowest BCUT2D eigenvalue weighted by Crippen LogP contribution is -2.14. The summed E-state index contributed by atoms with van der Waals surface area (Å²) in [6.07, 6.45) is 0.531. The monoisotopic (exact) mass is 289 g/mol. The van der Waals surface area contributed by atoms with Crippen LogP contribution in [-0.2, 0) is 6.42 Å². The second-order valence-corrected chi connectivity index (χ2v) is 4.82. The van der Waals surface area contributed by atoms with Crippen molar-refractivity contribution in [2.45, 2.75) is 12.3 Å². The number of benzene rings is 1. The number of furan rings is 1. The Balaban J connectivity index is 1.79. The lowest BCUT2D eigenvalue weighted by atomic mass is 9.94. The van der Waals surface area contributed by atoms with Crippen LogP contribution in [0.25, 0.3) is 0 Å². The third-order valence-corrected chi connectivity index (χ3v) is 3.47. The Morgan fingerprint density at radius 3 is 2.76 bits per heavy atom. The quantitative estimate of drug-likeness (QED) is 0.874. The van der Waals surface area contributed by atoms with Gasteiger partial charge in [0.1, 0.15) is 5.76 Å². The normalized spacial score (nSPS) is 14.1. The zero-order valence-electron chi connectivity index (χ0n) is 11.2. The van der Waals surface area contributed by atoms with Gasteiger partial charge in [0.2, 0.25) is 12.6 Å². The highest BCUT2D eigenvalue weighted by Crippen LogP contribution is 2.35. The number of fused-ring (bicyclic) bond motifs is 1. The summed E-state index contributed by atoms with van der Waals surface area (Å²) in [4.78, 5) is 10.8. The minimum Gasteiger partial charge on any atom is -0.475 e. The Labute approximate surface area is 121 Å². The van der Waals surface area contributed by atoms with Crippen LogP contribution in [0.5, 0.6) is 11.5 Å². The van der Waals surface area contributed by atoms with E-state index in [1.54, 1.807) is 6.07 Å². The minimum absolute atomic E-state index is 0.0206. The molecule has 21 heavy (non-hydrogen) atoms. The molecular formula is C15H15NO5. The third kappa shape index (κ3) is 2.71. The zero-order valence-corrected chi connectivity index (χ0v) is 11.2. The molecule has 0 spiro atoms. The molecule has 0 saturated heterocycles. The number of ether oxygens (including phenoxy) is 2. The van der Waals surface area contributed by atoms with E-state index in [4.69, 9.17) is 24.7 Å². The van der Waals surface area contributed by atoms with Crippen LogP contribution in [0.1, 0.15) is 27.8 Å². The molecule has 1 aromatic heterocycles. The van der Waals surface area contributed by atoms with Crippen molar-refractivity contribution >= 4 is 5.97 Å². The van der Waals surface area contributed by atoms with Crippen LogP contribution in [0.3, 0.4) is 0 Å². The van der Waals surface area contributed by atoms with Gasteiger partial charge in [-0.05, 0) is 36.4 Å². The molecule has 1 aliphatic heterocycles. The smallest absolute Gasteiger partial charge is 0.371 e. The summed E-state index contributed by atoms with van der Waals surface area (Å²) in [6, 6.07) is 8.81. The molecule has 3 N–H and O–H groups in total. The van der Waals surface area contributed by atoms with Gasteiger partial charge in [-0.1, -0.05) is 6.07 Å². The first kappa shape index (κ1) is 13.5. The summed E-state index contributed by atoms with van der Waals surface area (Å²) in [5, 5.41) is 8.86. The molecule has 110 valence electrons. The molecule has 0 bridgehead atoms. The Kier molecular flexibility index (Phi) is 3.53. The molecule has 1 aliphatic rings. The molecule has 6 nitrogen and oxygen atoms in total. The fraction of sp³-hybridized carbons (Fsp3) is 0.267. The molecule has 0 saturated carbocycles. The van der Waals surface area contributed by atoms with Crippen LogP contribution >= 0.6 is 0 Å². The van der Waals surface area contributed by atoms with Crippen LogP contribution < -0.4 is 15.2 Å². The van der Waals surface area contributed by atoms with Gasteiger partial charge in [-0.25, -0.2) is 4.79 Å². The van der Waals surface area contributed by atoms with E-state index in [1.165, 1.54) is 6.07 Å². The fourth-order valence-corrected chi connectivity index (χ4v) is 2.35. The summed E-state index contributed by atoms with van der Waals surface area (Å²) in [5.74, 6) is 0.908. The van der Waals surface area contributed by atoms with Gasteiger partial charge in [0.15, 0.2) is 11.5 Å². The van der Waals surface area contributed by atoms with Crippen molar-refractivity contribution in [3.05, 3.63) is 47.4 Å². The van der Waals surface area contributed by atoms with Crippen LogP contribution in [0.4, 0.5) is 0 Å². The molecule has 1 atom stereocenters. The molecule has 0 aliphatic carbocycles. The Bertz CT molecular complexity index is 664. The fourth-order valence-electron chi connectivity index (χ4n) is 2.35. The molecule has 2 heterocycles. The Hall–Kier alpha value is -2.47. The Morgan fingerprint density at radius 2 is 2.05 bits per heavy atom. The van der Waals surface area contributed by atoms with E-state index in [-0.39, 0.29) is 18.5 Å². The van der Waals surface area contributed by atoms with Gasteiger partial charge in [-0.15, -0.1) is 0 Å². The number of carbonyl (C=O) groups is 1. The predicted octanol–water partition coefficient (Wildman–Crippen LogP) is 1.99. The molecule has 0 radical (unpaired) electrons. The number of aromatic carboxylic acids is 1. The van der Waals surface area contributed by atoms with Gasteiger partial charge in [-0.3, -0.25) is 0 Å². The molecule has 6 heteroatoms. The van der Waals surface area contributed by atoms with Crippen molar-refractivity contribution in [1.29, 1.82) is 0 Å². The predicted molar refractivity (Wildman–Crippen MR) is 73.7 cm³/mol. The third-order valence-electron chi connectivity index (χ3n) is 3.47. The lowest BCUT2D eigenvalue weighted by molar-refractivity contribution is 0.0660. The molecule has 0 amide bonds. The summed E-state index contributed by atoms with van der Waals surface area (Å²) in [5.41, 5.74) is 6.84. The largest absolute Gasteiger partial charge is 0.475 e. The van der Waals surface area contributed by atoms with E-state index in [0.717, 1.165) is 11.3 Å².